The van der Waals surface area contributed by atoms with Crippen molar-refractivity contribution in [2.24, 2.45) is 0 Å². The summed E-state index contributed by atoms with van der Waals surface area (Å²) in [6.07, 6.45) is 0. The first-order valence-electron chi connectivity index (χ1n) is 9.82. The number of hydrogen-bond donors (Lipinski definition) is 1. The lowest BCUT2D eigenvalue weighted by Gasteiger charge is -2.16. The summed E-state index contributed by atoms with van der Waals surface area (Å²) >= 11 is 7.50. The Bertz CT molecular complexity index is 1370. The number of hydrogen-bond acceptors (Lipinski definition) is 5. The largest absolute Gasteiger partial charge is 0.495 e. The highest BCUT2D eigenvalue weighted by atomic mass is 35.5. The van der Waals surface area contributed by atoms with E-state index in [4.69, 9.17) is 16.3 Å². The number of halogens is 1. The number of para-hydroxylation sites is 3. The van der Waals surface area contributed by atoms with Gasteiger partial charge in [-0.1, -0.05) is 53.7 Å². The van der Waals surface area contributed by atoms with Gasteiger partial charge in [-0.2, -0.15) is 0 Å². The molecule has 1 aromatic heterocycles. The van der Waals surface area contributed by atoms with Crippen molar-refractivity contribution in [3.63, 3.8) is 0 Å². The number of methoxy groups -OCH3 is 1. The van der Waals surface area contributed by atoms with Gasteiger partial charge in [0.2, 0.25) is 5.91 Å². The predicted octanol–water partition coefficient (Wildman–Crippen LogP) is 5.09. The van der Waals surface area contributed by atoms with E-state index in [1.54, 1.807) is 49.6 Å². The van der Waals surface area contributed by atoms with Crippen molar-refractivity contribution < 1.29 is 9.53 Å². The molecule has 0 aliphatic rings. The first-order chi connectivity index (χ1) is 15.5. The Balaban J connectivity index is 1.71. The van der Waals surface area contributed by atoms with E-state index in [0.717, 1.165) is 5.56 Å². The number of rotatable bonds is 6. The maximum Gasteiger partial charge on any atom is 0.266 e. The van der Waals surface area contributed by atoms with Crippen LogP contribution < -0.4 is 15.6 Å². The van der Waals surface area contributed by atoms with Gasteiger partial charge in [0.15, 0.2) is 5.16 Å². The lowest BCUT2D eigenvalue weighted by molar-refractivity contribution is -0.113. The maximum absolute atomic E-state index is 13.4. The van der Waals surface area contributed by atoms with Gasteiger partial charge in [0.1, 0.15) is 5.75 Å². The van der Waals surface area contributed by atoms with Gasteiger partial charge in [0.25, 0.3) is 5.56 Å². The molecule has 0 aliphatic carbocycles. The molecule has 0 atom stereocenters. The number of fused-ring (bicyclic) bond motifs is 1. The Hall–Kier alpha value is -3.29. The summed E-state index contributed by atoms with van der Waals surface area (Å²) in [5.41, 5.74) is 2.33. The fourth-order valence-corrected chi connectivity index (χ4v) is 4.30. The number of aromatic nitrogens is 2. The van der Waals surface area contributed by atoms with E-state index in [1.807, 2.05) is 31.2 Å². The lowest BCUT2D eigenvalue weighted by Crippen LogP contribution is -2.23. The molecule has 0 aliphatic heterocycles. The Morgan fingerprint density at radius 1 is 1.09 bits per heavy atom. The Morgan fingerprint density at radius 2 is 1.84 bits per heavy atom. The zero-order valence-corrected chi connectivity index (χ0v) is 19.0. The second kappa shape index (κ2) is 9.46. The van der Waals surface area contributed by atoms with Crippen molar-refractivity contribution in [3.8, 4) is 11.4 Å². The van der Waals surface area contributed by atoms with Crippen LogP contribution in [-0.2, 0) is 4.79 Å². The third-order valence-electron chi connectivity index (χ3n) is 4.94. The fraction of sp³-hybridized carbons (Fsp3) is 0.125. The molecule has 1 amide bonds. The molecule has 0 saturated carbocycles. The molecule has 162 valence electrons. The van der Waals surface area contributed by atoms with E-state index in [-0.39, 0.29) is 17.2 Å². The third-order valence-corrected chi connectivity index (χ3v) is 6.29. The van der Waals surface area contributed by atoms with E-state index in [2.05, 4.69) is 10.3 Å². The Morgan fingerprint density at radius 3 is 2.66 bits per heavy atom. The van der Waals surface area contributed by atoms with Gasteiger partial charge < -0.3 is 10.1 Å². The summed E-state index contributed by atoms with van der Waals surface area (Å²) in [5, 5.41) is 4.30. The summed E-state index contributed by atoms with van der Waals surface area (Å²) < 4.78 is 6.80. The van der Waals surface area contributed by atoms with Crippen LogP contribution in [0.2, 0.25) is 5.02 Å². The highest BCUT2D eigenvalue weighted by Gasteiger charge is 2.17. The van der Waals surface area contributed by atoms with E-state index in [0.29, 0.717) is 38.2 Å². The summed E-state index contributed by atoms with van der Waals surface area (Å²) in [4.78, 5) is 30.7. The van der Waals surface area contributed by atoms with Crippen molar-refractivity contribution in [3.05, 3.63) is 87.7 Å². The van der Waals surface area contributed by atoms with E-state index < -0.39 is 0 Å². The summed E-state index contributed by atoms with van der Waals surface area (Å²) in [7, 11) is 1.55. The van der Waals surface area contributed by atoms with Crippen molar-refractivity contribution >= 4 is 45.9 Å². The molecule has 1 N–H and O–H groups in total. The molecule has 0 spiro atoms. The number of ether oxygens (including phenoxy) is 1. The van der Waals surface area contributed by atoms with Crippen molar-refractivity contribution in [2.45, 2.75) is 12.1 Å². The standard InChI is InChI=1S/C24H20ClN3O3S/c1-15-17(25)9-7-12-20(15)28-23(30)16-8-3-4-10-18(16)27-24(28)32-14-22(29)26-19-11-5-6-13-21(19)31-2/h3-13H,14H2,1-2H3,(H,26,29). The van der Waals surface area contributed by atoms with Crippen LogP contribution in [0.4, 0.5) is 5.69 Å². The molecule has 0 saturated heterocycles. The highest BCUT2D eigenvalue weighted by molar-refractivity contribution is 7.99. The first kappa shape index (κ1) is 21.9. The van der Waals surface area contributed by atoms with Crippen molar-refractivity contribution in [1.29, 1.82) is 0 Å². The SMILES string of the molecule is COc1ccccc1NC(=O)CSc1nc2ccccc2c(=O)n1-c1cccc(Cl)c1C. The van der Waals surface area contributed by atoms with Crippen LogP contribution in [0, 0.1) is 6.92 Å². The summed E-state index contributed by atoms with van der Waals surface area (Å²) in [6, 6.07) is 19.7. The van der Waals surface area contributed by atoms with Crippen LogP contribution in [0.3, 0.4) is 0 Å². The summed E-state index contributed by atoms with van der Waals surface area (Å²) in [5.74, 6) is 0.389. The molecule has 3 aromatic carbocycles. The fourth-order valence-electron chi connectivity index (χ4n) is 3.32. The van der Waals surface area contributed by atoms with Gasteiger partial charge in [-0.3, -0.25) is 14.2 Å². The van der Waals surface area contributed by atoms with Crippen molar-refractivity contribution in [1.82, 2.24) is 9.55 Å². The second-order valence-electron chi connectivity index (χ2n) is 6.97. The molecule has 8 heteroatoms. The maximum atomic E-state index is 13.4. The van der Waals surface area contributed by atoms with Crippen LogP contribution >= 0.6 is 23.4 Å². The van der Waals surface area contributed by atoms with Gasteiger partial charge in [-0.25, -0.2) is 4.98 Å². The Labute approximate surface area is 194 Å². The number of benzene rings is 3. The molecule has 4 aromatic rings. The second-order valence-corrected chi connectivity index (χ2v) is 8.32. The molecule has 4 rings (SSSR count). The topological polar surface area (TPSA) is 73.2 Å². The number of nitrogens with zero attached hydrogens (tertiary/aromatic N) is 2. The van der Waals surface area contributed by atoms with E-state index in [9.17, 15) is 9.59 Å². The van der Waals surface area contributed by atoms with Crippen LogP contribution in [0.25, 0.3) is 16.6 Å². The molecule has 32 heavy (non-hydrogen) atoms. The number of anilines is 1. The van der Waals surface area contributed by atoms with Crippen LogP contribution in [0.1, 0.15) is 5.56 Å². The van der Waals surface area contributed by atoms with Gasteiger partial charge in [-0.15, -0.1) is 0 Å². The molecule has 0 fully saturated rings. The normalized spacial score (nSPS) is 10.8. The summed E-state index contributed by atoms with van der Waals surface area (Å²) in [6.45, 7) is 1.85. The molecule has 6 nitrogen and oxygen atoms in total. The smallest absolute Gasteiger partial charge is 0.266 e. The molecular formula is C24H20ClN3O3S. The van der Waals surface area contributed by atoms with Crippen molar-refractivity contribution in [2.75, 3.05) is 18.2 Å². The number of carbonyl (C=O) groups excluding carboxylic acids is 1. The predicted molar refractivity (Wildman–Crippen MR) is 129 cm³/mol. The average Bonchev–Trinajstić information content (AvgIpc) is 2.80. The zero-order valence-electron chi connectivity index (χ0n) is 17.5. The number of carbonyl (C=O) groups is 1. The van der Waals surface area contributed by atoms with Crippen LogP contribution in [-0.4, -0.2) is 28.3 Å². The molecule has 0 unspecified atom stereocenters. The minimum Gasteiger partial charge on any atom is -0.495 e. The van der Waals surface area contributed by atoms with Gasteiger partial charge in [0.05, 0.1) is 35.1 Å². The quantitative estimate of drug-likeness (QED) is 0.317. The van der Waals surface area contributed by atoms with Crippen LogP contribution in [0.15, 0.2) is 76.7 Å². The minimum absolute atomic E-state index is 0.0580. The first-order valence-corrected chi connectivity index (χ1v) is 11.2. The minimum atomic E-state index is -0.240. The monoisotopic (exact) mass is 465 g/mol. The van der Waals surface area contributed by atoms with Gasteiger partial charge in [-0.05, 0) is 48.9 Å². The Kier molecular flexibility index (Phi) is 6.48. The van der Waals surface area contributed by atoms with Crippen LogP contribution in [0.5, 0.6) is 5.75 Å². The number of nitrogens with one attached hydrogen (secondary N) is 1. The average molecular weight is 466 g/mol. The highest BCUT2D eigenvalue weighted by Crippen LogP contribution is 2.27. The lowest BCUT2D eigenvalue weighted by atomic mass is 10.2. The number of amides is 1. The van der Waals surface area contributed by atoms with Gasteiger partial charge >= 0.3 is 0 Å². The molecule has 0 bridgehead atoms. The molecular weight excluding hydrogens is 446 g/mol. The molecule has 0 radical (unpaired) electrons. The zero-order chi connectivity index (χ0) is 22.7. The number of thioether (sulfide) groups is 1. The van der Waals surface area contributed by atoms with E-state index in [1.165, 1.54) is 16.3 Å². The van der Waals surface area contributed by atoms with E-state index >= 15 is 0 Å². The third kappa shape index (κ3) is 4.35. The molecule has 1 heterocycles. The van der Waals surface area contributed by atoms with Gasteiger partial charge in [0, 0.05) is 5.02 Å².